The van der Waals surface area contributed by atoms with Gasteiger partial charge >= 0.3 is 5.97 Å². The van der Waals surface area contributed by atoms with Crippen molar-refractivity contribution in [3.63, 3.8) is 0 Å². The van der Waals surface area contributed by atoms with Crippen molar-refractivity contribution >= 4 is 35.5 Å². The number of carbonyl (C=O) groups is 4. The van der Waals surface area contributed by atoms with Crippen LogP contribution in [-0.2, 0) is 9.59 Å². The van der Waals surface area contributed by atoms with Gasteiger partial charge in [0.2, 0.25) is 0 Å². The van der Waals surface area contributed by atoms with E-state index in [1.807, 2.05) is 0 Å². The van der Waals surface area contributed by atoms with Gasteiger partial charge in [0.05, 0.1) is 11.1 Å². The molecule has 1 N–H and O–H groups in total. The minimum Gasteiger partial charge on any atom is -0.480 e. The van der Waals surface area contributed by atoms with Gasteiger partial charge in [-0.2, -0.15) is 0 Å². The van der Waals surface area contributed by atoms with E-state index >= 15 is 0 Å². The van der Waals surface area contributed by atoms with Gasteiger partial charge in [-0.15, -0.1) is 11.8 Å². The number of amides is 3. The summed E-state index contributed by atoms with van der Waals surface area (Å²) in [6, 6.07) is 4.54. The molecule has 2 saturated heterocycles. The maximum atomic E-state index is 12.6. The van der Waals surface area contributed by atoms with Gasteiger partial charge in [0.1, 0.15) is 17.5 Å². The van der Waals surface area contributed by atoms with Gasteiger partial charge in [0.15, 0.2) is 0 Å². The lowest BCUT2D eigenvalue weighted by molar-refractivity contribution is -0.162. The van der Waals surface area contributed by atoms with Gasteiger partial charge in [-0.25, -0.2) is 4.79 Å². The van der Waals surface area contributed by atoms with Gasteiger partial charge < -0.3 is 10.0 Å². The van der Waals surface area contributed by atoms with E-state index in [1.54, 1.807) is 38.1 Å². The second-order valence-corrected chi connectivity index (χ2v) is 8.34. The van der Waals surface area contributed by atoms with E-state index in [-0.39, 0.29) is 11.1 Å². The maximum absolute atomic E-state index is 12.6. The topological polar surface area (TPSA) is 95.0 Å². The molecule has 3 atom stereocenters. The van der Waals surface area contributed by atoms with E-state index < -0.39 is 45.9 Å². The van der Waals surface area contributed by atoms with Gasteiger partial charge in [-0.1, -0.05) is 12.1 Å². The fraction of sp³-hybridized carbons (Fsp3) is 0.375. The number of carboxylic acid groups (broad SMARTS) is 1. The maximum Gasteiger partial charge on any atom is 0.327 e. The third kappa shape index (κ3) is 1.69. The summed E-state index contributed by atoms with van der Waals surface area (Å²) < 4.78 is -0.695. The van der Waals surface area contributed by atoms with Crippen molar-refractivity contribution in [1.29, 1.82) is 0 Å². The number of aliphatic carboxylic acids is 1. The number of thioether (sulfide) groups is 1. The molecule has 1 aromatic rings. The Morgan fingerprint density at radius 1 is 1.12 bits per heavy atom. The minimum absolute atomic E-state index is 0.283. The van der Waals surface area contributed by atoms with E-state index in [0.29, 0.717) is 0 Å². The molecule has 0 saturated carbocycles. The first kappa shape index (κ1) is 15.2. The zero-order chi connectivity index (χ0) is 17.4. The number of carboxylic acids is 1. The molecule has 0 spiro atoms. The van der Waals surface area contributed by atoms with Crippen LogP contribution in [0.4, 0.5) is 0 Å². The van der Waals surface area contributed by atoms with Crippen molar-refractivity contribution in [2.24, 2.45) is 0 Å². The fourth-order valence-electron chi connectivity index (χ4n) is 3.69. The SMILES string of the molecule is CC1(C)S[C@H]2[C@H](N3C(=O)c4ccccc4C3=O)C(=O)N2[C@H]1C(=O)O. The zero-order valence-electron chi connectivity index (χ0n) is 12.9. The molecule has 3 heterocycles. The second kappa shape index (κ2) is 4.60. The van der Waals surface area contributed by atoms with Crippen molar-refractivity contribution in [3.8, 4) is 0 Å². The third-order valence-electron chi connectivity index (χ3n) is 4.75. The molecule has 24 heavy (non-hydrogen) atoms. The van der Waals surface area contributed by atoms with Crippen molar-refractivity contribution in [1.82, 2.24) is 9.80 Å². The number of β-lactam (4-membered cyclic amide) rings is 1. The average molecular weight is 346 g/mol. The fourth-order valence-corrected chi connectivity index (χ4v) is 5.36. The predicted octanol–water partition coefficient (Wildman–Crippen LogP) is 0.798. The number of fused-ring (bicyclic) bond motifs is 2. The number of nitrogens with zero attached hydrogens (tertiary/aromatic N) is 2. The second-order valence-electron chi connectivity index (χ2n) is 6.57. The number of imide groups is 1. The summed E-state index contributed by atoms with van der Waals surface area (Å²) in [5, 5.41) is 8.91. The first-order valence-corrected chi connectivity index (χ1v) is 8.33. The highest BCUT2D eigenvalue weighted by Crippen LogP contribution is 2.52. The molecular weight excluding hydrogens is 332 g/mol. The van der Waals surface area contributed by atoms with Crippen LogP contribution in [0.5, 0.6) is 0 Å². The predicted molar refractivity (Wildman–Crippen MR) is 84.5 cm³/mol. The Balaban J connectivity index is 1.69. The first-order chi connectivity index (χ1) is 11.3. The third-order valence-corrected chi connectivity index (χ3v) is 6.31. The Labute approximate surface area is 141 Å². The Morgan fingerprint density at radius 2 is 1.67 bits per heavy atom. The Morgan fingerprint density at radius 3 is 2.17 bits per heavy atom. The zero-order valence-corrected chi connectivity index (χ0v) is 13.7. The molecular formula is C16H14N2O5S. The largest absolute Gasteiger partial charge is 0.480 e. The Kier molecular flexibility index (Phi) is 2.91. The smallest absolute Gasteiger partial charge is 0.327 e. The summed E-state index contributed by atoms with van der Waals surface area (Å²) in [7, 11) is 0. The first-order valence-electron chi connectivity index (χ1n) is 7.45. The van der Waals surface area contributed by atoms with Crippen LogP contribution in [0.15, 0.2) is 24.3 Å². The van der Waals surface area contributed by atoms with Gasteiger partial charge in [-0.05, 0) is 26.0 Å². The van der Waals surface area contributed by atoms with E-state index in [0.717, 1.165) is 4.90 Å². The summed E-state index contributed by atoms with van der Waals surface area (Å²) >= 11 is 1.31. The van der Waals surface area contributed by atoms with Crippen LogP contribution in [0.25, 0.3) is 0 Å². The van der Waals surface area contributed by atoms with Crippen LogP contribution in [0.3, 0.4) is 0 Å². The number of hydrogen-bond donors (Lipinski definition) is 1. The standard InChI is InChI=1S/C16H14N2O5S/c1-16(2)10(15(22)23)18-13(21)9(14(18)24-16)17-11(19)7-5-3-4-6-8(7)12(17)20/h3-6,9-10,14H,1-2H3,(H,22,23)/t9-,10+,14+/m1/s1. The average Bonchev–Trinajstić information content (AvgIpc) is 2.92. The van der Waals surface area contributed by atoms with Crippen LogP contribution in [0, 0.1) is 0 Å². The molecule has 3 aliphatic rings. The lowest BCUT2D eigenvalue weighted by Gasteiger charge is -2.46. The van der Waals surface area contributed by atoms with Crippen LogP contribution >= 0.6 is 11.8 Å². The van der Waals surface area contributed by atoms with Crippen LogP contribution in [0.2, 0.25) is 0 Å². The van der Waals surface area contributed by atoms with Gasteiger partial charge in [0.25, 0.3) is 17.7 Å². The van der Waals surface area contributed by atoms with Crippen LogP contribution in [-0.4, -0.2) is 60.8 Å². The quantitative estimate of drug-likeness (QED) is 0.629. The van der Waals surface area contributed by atoms with E-state index in [2.05, 4.69) is 0 Å². The number of benzene rings is 1. The molecule has 124 valence electrons. The molecule has 4 rings (SSSR count). The Hall–Kier alpha value is -2.35. The van der Waals surface area contributed by atoms with Crippen molar-refractivity contribution in [2.75, 3.05) is 0 Å². The summed E-state index contributed by atoms with van der Waals surface area (Å²) in [5.41, 5.74) is 0.566. The molecule has 0 aromatic heterocycles. The lowest BCUT2D eigenvalue weighted by Crippen LogP contribution is -2.71. The number of hydrogen-bond acceptors (Lipinski definition) is 5. The normalized spacial score (nSPS) is 30.2. The highest BCUT2D eigenvalue weighted by molar-refractivity contribution is 8.01. The van der Waals surface area contributed by atoms with Gasteiger partial charge in [-0.3, -0.25) is 19.3 Å². The molecule has 0 bridgehead atoms. The van der Waals surface area contributed by atoms with Gasteiger partial charge in [0, 0.05) is 4.75 Å². The number of carbonyl (C=O) groups excluding carboxylic acids is 3. The number of rotatable bonds is 2. The molecule has 0 aliphatic carbocycles. The van der Waals surface area contributed by atoms with E-state index in [9.17, 15) is 24.3 Å². The van der Waals surface area contributed by atoms with Crippen LogP contribution in [0.1, 0.15) is 34.6 Å². The Bertz CT molecular complexity index is 785. The molecule has 3 aliphatic heterocycles. The van der Waals surface area contributed by atoms with Crippen molar-refractivity contribution in [2.45, 2.75) is 36.1 Å². The molecule has 8 heteroatoms. The minimum atomic E-state index is -1.08. The molecule has 0 unspecified atom stereocenters. The monoisotopic (exact) mass is 346 g/mol. The van der Waals surface area contributed by atoms with E-state index in [1.165, 1.54) is 16.7 Å². The molecule has 0 radical (unpaired) electrons. The lowest BCUT2D eigenvalue weighted by atomic mass is 9.95. The van der Waals surface area contributed by atoms with Crippen molar-refractivity contribution < 1.29 is 24.3 Å². The van der Waals surface area contributed by atoms with Crippen molar-refractivity contribution in [3.05, 3.63) is 35.4 Å². The molecule has 7 nitrogen and oxygen atoms in total. The van der Waals surface area contributed by atoms with Crippen LogP contribution < -0.4 is 0 Å². The summed E-state index contributed by atoms with van der Waals surface area (Å²) in [4.78, 5) is 51.5. The molecule has 2 fully saturated rings. The highest BCUT2D eigenvalue weighted by Gasteiger charge is 2.67. The van der Waals surface area contributed by atoms with E-state index in [4.69, 9.17) is 0 Å². The molecule has 1 aromatic carbocycles. The summed E-state index contributed by atoms with van der Waals surface area (Å²) in [6.45, 7) is 3.50. The molecule has 3 amide bonds. The highest BCUT2D eigenvalue weighted by atomic mass is 32.2. The summed E-state index contributed by atoms with van der Waals surface area (Å²) in [5.74, 6) is -2.55. The summed E-state index contributed by atoms with van der Waals surface area (Å²) in [6.07, 6.45) is 0.